The Morgan fingerprint density at radius 3 is 1.90 bits per heavy atom. The molecule has 31 heavy (non-hydrogen) atoms. The molecule has 1 saturated heterocycles. The highest BCUT2D eigenvalue weighted by Gasteiger charge is 2.24. The van der Waals surface area contributed by atoms with E-state index >= 15 is 0 Å². The summed E-state index contributed by atoms with van der Waals surface area (Å²) in [6.07, 6.45) is -0.476. The van der Waals surface area contributed by atoms with Crippen LogP contribution in [0.15, 0.2) is 78.9 Å². The summed E-state index contributed by atoms with van der Waals surface area (Å²) in [5.41, 5.74) is 3.05. The van der Waals surface area contributed by atoms with Crippen molar-refractivity contribution in [2.45, 2.75) is 12.6 Å². The van der Waals surface area contributed by atoms with Gasteiger partial charge in [-0.15, -0.1) is 0 Å². The molecule has 1 aliphatic rings. The van der Waals surface area contributed by atoms with E-state index in [0.29, 0.717) is 26.2 Å². The van der Waals surface area contributed by atoms with Gasteiger partial charge in [-0.1, -0.05) is 54.6 Å². The first kappa shape index (κ1) is 19.8. The Kier molecular flexibility index (Phi) is 5.45. The van der Waals surface area contributed by atoms with E-state index in [1.807, 2.05) is 47.4 Å². The van der Waals surface area contributed by atoms with Crippen molar-refractivity contribution in [2.75, 3.05) is 32.7 Å². The molecule has 4 aromatic rings. The number of hydrogen-bond donors (Lipinski definition) is 1. The molecule has 0 spiro atoms. The lowest BCUT2D eigenvalue weighted by atomic mass is 10.2. The number of amides is 1. The minimum Gasteiger partial charge on any atom is -0.390 e. The van der Waals surface area contributed by atoms with Gasteiger partial charge >= 0.3 is 0 Å². The molecule has 0 saturated carbocycles. The van der Waals surface area contributed by atoms with Crippen molar-refractivity contribution in [3.8, 4) is 0 Å². The van der Waals surface area contributed by atoms with Crippen LogP contribution in [0.3, 0.4) is 0 Å². The molecule has 1 aliphatic heterocycles. The monoisotopic (exact) mass is 413 g/mol. The number of aromatic nitrogens is 1. The van der Waals surface area contributed by atoms with E-state index in [0.717, 1.165) is 29.7 Å². The first-order valence-electron chi connectivity index (χ1n) is 10.9. The van der Waals surface area contributed by atoms with E-state index in [4.69, 9.17) is 0 Å². The summed E-state index contributed by atoms with van der Waals surface area (Å²) in [4.78, 5) is 16.8. The molecule has 0 bridgehead atoms. The predicted octanol–water partition coefficient (Wildman–Crippen LogP) is 3.61. The number of rotatable bonds is 5. The van der Waals surface area contributed by atoms with Gasteiger partial charge in [-0.05, 0) is 24.3 Å². The average molecular weight is 414 g/mol. The summed E-state index contributed by atoms with van der Waals surface area (Å²) in [6, 6.07) is 26.2. The van der Waals surface area contributed by atoms with Crippen LogP contribution in [0.2, 0.25) is 0 Å². The quantitative estimate of drug-likeness (QED) is 0.544. The molecule has 158 valence electrons. The largest absolute Gasteiger partial charge is 0.390 e. The number of β-amino-alcohol motifs (C(OH)–C–C–N with tert-alkyl or cyclic N) is 1. The summed E-state index contributed by atoms with van der Waals surface area (Å²) in [6.45, 7) is 4.10. The summed E-state index contributed by atoms with van der Waals surface area (Å²) >= 11 is 0. The SMILES string of the molecule is O=C(c1ccccc1)N1CCN(C[C@@H](O)Cn2c3ccccc3c3ccccc32)CC1. The van der Waals surface area contributed by atoms with Gasteiger partial charge in [0.1, 0.15) is 0 Å². The molecule has 5 nitrogen and oxygen atoms in total. The van der Waals surface area contributed by atoms with Crippen LogP contribution in [0.4, 0.5) is 0 Å². The van der Waals surface area contributed by atoms with Gasteiger partial charge in [0, 0.05) is 60.1 Å². The molecule has 1 N–H and O–H groups in total. The van der Waals surface area contributed by atoms with Crippen LogP contribution in [0, 0.1) is 0 Å². The van der Waals surface area contributed by atoms with Crippen molar-refractivity contribution >= 4 is 27.7 Å². The molecule has 3 aromatic carbocycles. The van der Waals surface area contributed by atoms with E-state index in [1.54, 1.807) is 0 Å². The number of aliphatic hydroxyl groups is 1. The number of nitrogens with zero attached hydrogens (tertiary/aromatic N) is 3. The first-order chi connectivity index (χ1) is 15.2. The fourth-order valence-electron chi connectivity index (χ4n) is 4.66. The average Bonchev–Trinajstić information content (AvgIpc) is 3.13. The minimum absolute atomic E-state index is 0.0890. The van der Waals surface area contributed by atoms with Gasteiger partial charge < -0.3 is 14.6 Å². The highest BCUT2D eigenvalue weighted by atomic mass is 16.3. The number of carbonyl (C=O) groups excluding carboxylic acids is 1. The van der Waals surface area contributed by atoms with Crippen LogP contribution < -0.4 is 0 Å². The summed E-state index contributed by atoms with van der Waals surface area (Å²) in [7, 11) is 0. The zero-order valence-electron chi connectivity index (χ0n) is 17.5. The third-order valence-corrected chi connectivity index (χ3v) is 6.22. The summed E-state index contributed by atoms with van der Waals surface area (Å²) < 4.78 is 2.23. The maximum absolute atomic E-state index is 12.6. The molecular weight excluding hydrogens is 386 g/mol. The molecular formula is C26H27N3O2. The Balaban J connectivity index is 1.24. The van der Waals surface area contributed by atoms with Crippen LogP contribution in [0.1, 0.15) is 10.4 Å². The zero-order chi connectivity index (χ0) is 21.2. The van der Waals surface area contributed by atoms with Crippen LogP contribution in [0.5, 0.6) is 0 Å². The second-order valence-corrected chi connectivity index (χ2v) is 8.26. The molecule has 5 heteroatoms. The van der Waals surface area contributed by atoms with Gasteiger partial charge in [0.05, 0.1) is 12.6 Å². The van der Waals surface area contributed by atoms with E-state index < -0.39 is 6.10 Å². The molecule has 0 aliphatic carbocycles. The number of hydrogen-bond acceptors (Lipinski definition) is 3. The number of aliphatic hydroxyl groups excluding tert-OH is 1. The Morgan fingerprint density at radius 1 is 0.742 bits per heavy atom. The van der Waals surface area contributed by atoms with Crippen molar-refractivity contribution in [2.24, 2.45) is 0 Å². The molecule has 5 rings (SSSR count). The van der Waals surface area contributed by atoms with Crippen molar-refractivity contribution in [1.29, 1.82) is 0 Å². The standard InChI is InChI=1S/C26H27N3O2/c30-21(18-27-14-16-28(17-15-27)26(31)20-8-2-1-3-9-20)19-29-24-12-6-4-10-22(24)23-11-5-7-13-25(23)29/h1-13,21,30H,14-19H2/t21-/m1/s1. The van der Waals surface area contributed by atoms with Gasteiger partial charge in [0.15, 0.2) is 0 Å². The van der Waals surface area contributed by atoms with Gasteiger partial charge in [-0.25, -0.2) is 0 Å². The minimum atomic E-state index is -0.476. The van der Waals surface area contributed by atoms with Crippen molar-refractivity contribution in [3.05, 3.63) is 84.4 Å². The molecule has 0 unspecified atom stereocenters. The zero-order valence-corrected chi connectivity index (χ0v) is 17.5. The summed E-state index contributed by atoms with van der Waals surface area (Å²) in [5.74, 6) is 0.0890. The molecule has 1 amide bonds. The number of para-hydroxylation sites is 2. The lowest BCUT2D eigenvalue weighted by molar-refractivity contribution is 0.0503. The van der Waals surface area contributed by atoms with Gasteiger partial charge in [0.25, 0.3) is 5.91 Å². The number of carbonyl (C=O) groups is 1. The Bertz CT molecular complexity index is 1140. The second kappa shape index (κ2) is 8.53. The summed E-state index contributed by atoms with van der Waals surface area (Å²) in [5, 5.41) is 13.3. The maximum Gasteiger partial charge on any atom is 0.253 e. The van der Waals surface area contributed by atoms with E-state index in [1.165, 1.54) is 10.8 Å². The van der Waals surface area contributed by atoms with Gasteiger partial charge in [0.2, 0.25) is 0 Å². The highest BCUT2D eigenvalue weighted by Crippen LogP contribution is 2.29. The Labute approximate surface area is 182 Å². The van der Waals surface area contributed by atoms with Gasteiger partial charge in [-0.3, -0.25) is 9.69 Å². The lowest BCUT2D eigenvalue weighted by Crippen LogP contribution is -2.50. The van der Waals surface area contributed by atoms with E-state index in [9.17, 15) is 9.90 Å². The fraction of sp³-hybridized carbons (Fsp3) is 0.269. The van der Waals surface area contributed by atoms with Gasteiger partial charge in [-0.2, -0.15) is 0 Å². The first-order valence-corrected chi connectivity index (χ1v) is 10.9. The molecule has 0 radical (unpaired) electrons. The van der Waals surface area contributed by atoms with Crippen LogP contribution >= 0.6 is 0 Å². The fourth-order valence-corrected chi connectivity index (χ4v) is 4.66. The van der Waals surface area contributed by atoms with Crippen LogP contribution in [0.25, 0.3) is 21.8 Å². The molecule has 1 atom stereocenters. The maximum atomic E-state index is 12.6. The van der Waals surface area contributed by atoms with E-state index in [-0.39, 0.29) is 5.91 Å². The molecule has 2 heterocycles. The van der Waals surface area contributed by atoms with Crippen LogP contribution in [-0.4, -0.2) is 64.2 Å². The smallest absolute Gasteiger partial charge is 0.253 e. The van der Waals surface area contributed by atoms with Crippen molar-refractivity contribution in [1.82, 2.24) is 14.4 Å². The van der Waals surface area contributed by atoms with E-state index in [2.05, 4.69) is 45.9 Å². The third kappa shape index (κ3) is 3.94. The Hall–Kier alpha value is -3.15. The lowest BCUT2D eigenvalue weighted by Gasteiger charge is -2.35. The molecule has 1 aromatic heterocycles. The van der Waals surface area contributed by atoms with Crippen molar-refractivity contribution in [3.63, 3.8) is 0 Å². The number of benzene rings is 3. The third-order valence-electron chi connectivity index (χ3n) is 6.22. The Morgan fingerprint density at radius 2 is 1.29 bits per heavy atom. The predicted molar refractivity (Wildman–Crippen MR) is 124 cm³/mol. The van der Waals surface area contributed by atoms with Crippen LogP contribution in [-0.2, 0) is 6.54 Å². The molecule has 1 fully saturated rings. The highest BCUT2D eigenvalue weighted by molar-refractivity contribution is 6.07. The number of fused-ring (bicyclic) bond motifs is 3. The second-order valence-electron chi connectivity index (χ2n) is 8.26. The number of piperazine rings is 1. The normalized spacial score (nSPS) is 16.1. The van der Waals surface area contributed by atoms with Crippen molar-refractivity contribution < 1.29 is 9.90 Å². The topological polar surface area (TPSA) is 48.7 Å².